The van der Waals surface area contributed by atoms with E-state index in [1.54, 1.807) is 0 Å². The fourth-order valence-electron chi connectivity index (χ4n) is 9.50. The third-order valence-corrected chi connectivity index (χ3v) is 12.1. The average Bonchev–Trinajstić information content (AvgIpc) is 3.35. The molecule has 1 spiro atoms. The summed E-state index contributed by atoms with van der Waals surface area (Å²) in [6.07, 6.45) is 15.4. The molecular weight excluding hydrogens is 681 g/mol. The summed E-state index contributed by atoms with van der Waals surface area (Å²) in [5.74, 6) is 3.01. The lowest BCUT2D eigenvalue weighted by Crippen LogP contribution is -2.33. The molecule has 3 heteroatoms. The zero-order chi connectivity index (χ0) is 37.2. The van der Waals surface area contributed by atoms with E-state index in [1.807, 2.05) is 18.2 Å². The van der Waals surface area contributed by atoms with E-state index in [-0.39, 0.29) is 0 Å². The average molecular weight is 719 g/mol. The van der Waals surface area contributed by atoms with E-state index in [0.29, 0.717) is 5.92 Å². The van der Waals surface area contributed by atoms with E-state index in [2.05, 4.69) is 171 Å². The molecule has 0 bridgehead atoms. The van der Waals surface area contributed by atoms with Crippen LogP contribution in [0.4, 0.5) is 0 Å². The van der Waals surface area contributed by atoms with Crippen molar-refractivity contribution in [3.05, 3.63) is 215 Å². The van der Waals surface area contributed by atoms with Gasteiger partial charge in [0.1, 0.15) is 11.5 Å². The third-order valence-electron chi connectivity index (χ3n) is 12.1. The molecule has 0 saturated heterocycles. The number of benzene rings is 6. The SMILES string of the molecule is CC1CC=Cc2c(-c3cc(-c4ccc(-c5ccc6c(c5)[C@]5(C7=C(C=CC=CC7)c7ccccc75)c5ccccc5O6)cc4)nc(-c4ccccc4)n3)cccc21. The number of aromatic nitrogens is 2. The maximum Gasteiger partial charge on any atom is 0.160 e. The van der Waals surface area contributed by atoms with Gasteiger partial charge in [-0.05, 0) is 87.6 Å². The molecular formula is C53H38N2O. The third kappa shape index (κ3) is 4.97. The van der Waals surface area contributed by atoms with Crippen LogP contribution >= 0.6 is 0 Å². The molecule has 2 heterocycles. The molecule has 1 aromatic heterocycles. The van der Waals surface area contributed by atoms with Crippen molar-refractivity contribution >= 4 is 11.6 Å². The Balaban J connectivity index is 1.04. The normalized spacial score (nSPS) is 18.4. The quantitative estimate of drug-likeness (QED) is 0.182. The molecule has 0 amide bonds. The summed E-state index contributed by atoms with van der Waals surface area (Å²) >= 11 is 0. The largest absolute Gasteiger partial charge is 0.457 e. The predicted molar refractivity (Wildman–Crippen MR) is 228 cm³/mol. The van der Waals surface area contributed by atoms with Gasteiger partial charge in [0.2, 0.25) is 0 Å². The van der Waals surface area contributed by atoms with E-state index >= 15 is 0 Å². The molecule has 266 valence electrons. The van der Waals surface area contributed by atoms with Gasteiger partial charge in [0.25, 0.3) is 0 Å². The Morgan fingerprint density at radius 1 is 0.554 bits per heavy atom. The fraction of sp³-hybridized carbons (Fsp3) is 0.0943. The molecule has 6 aromatic carbocycles. The Morgan fingerprint density at radius 2 is 1.29 bits per heavy atom. The number of ether oxygens (including phenoxy) is 1. The van der Waals surface area contributed by atoms with Crippen molar-refractivity contribution in [2.75, 3.05) is 0 Å². The van der Waals surface area contributed by atoms with Crippen LogP contribution in [0.3, 0.4) is 0 Å². The lowest BCUT2D eigenvalue weighted by atomic mass is 9.64. The second-order valence-corrected chi connectivity index (χ2v) is 15.2. The molecule has 7 aromatic rings. The van der Waals surface area contributed by atoms with Gasteiger partial charge >= 0.3 is 0 Å². The lowest BCUT2D eigenvalue weighted by Gasteiger charge is -2.41. The minimum atomic E-state index is -0.472. The summed E-state index contributed by atoms with van der Waals surface area (Å²) in [6.45, 7) is 2.30. The van der Waals surface area contributed by atoms with E-state index < -0.39 is 5.41 Å². The van der Waals surface area contributed by atoms with E-state index in [0.717, 1.165) is 69.4 Å². The number of allylic oxidation sites excluding steroid dienone is 7. The molecule has 56 heavy (non-hydrogen) atoms. The molecule has 3 aliphatic carbocycles. The molecule has 0 N–H and O–H groups in total. The molecule has 3 nitrogen and oxygen atoms in total. The van der Waals surface area contributed by atoms with Crippen LogP contribution < -0.4 is 4.74 Å². The molecule has 0 saturated carbocycles. The summed E-state index contributed by atoms with van der Waals surface area (Å²) in [5, 5.41) is 0. The van der Waals surface area contributed by atoms with Gasteiger partial charge in [-0.2, -0.15) is 0 Å². The number of para-hydroxylation sites is 1. The summed E-state index contributed by atoms with van der Waals surface area (Å²) in [5.41, 5.74) is 17.1. The van der Waals surface area contributed by atoms with Gasteiger partial charge in [0.05, 0.1) is 16.8 Å². The van der Waals surface area contributed by atoms with Crippen molar-refractivity contribution in [3.63, 3.8) is 0 Å². The Labute approximate surface area is 327 Å². The van der Waals surface area contributed by atoms with Crippen LogP contribution in [0.1, 0.15) is 59.1 Å². The van der Waals surface area contributed by atoms with E-state index in [9.17, 15) is 0 Å². The van der Waals surface area contributed by atoms with Crippen LogP contribution in [0, 0.1) is 0 Å². The first-order valence-corrected chi connectivity index (χ1v) is 19.6. The van der Waals surface area contributed by atoms with Gasteiger partial charge in [-0.1, -0.05) is 165 Å². The number of rotatable bonds is 4. The van der Waals surface area contributed by atoms with Crippen LogP contribution in [0.5, 0.6) is 11.5 Å². The predicted octanol–water partition coefficient (Wildman–Crippen LogP) is 13.4. The van der Waals surface area contributed by atoms with Crippen molar-refractivity contribution in [3.8, 4) is 56.5 Å². The van der Waals surface area contributed by atoms with Crippen LogP contribution in [0.2, 0.25) is 0 Å². The van der Waals surface area contributed by atoms with Gasteiger partial charge in [0.15, 0.2) is 5.82 Å². The molecule has 1 unspecified atom stereocenters. The lowest BCUT2D eigenvalue weighted by molar-refractivity contribution is 0.433. The number of fused-ring (bicyclic) bond motifs is 9. The van der Waals surface area contributed by atoms with Crippen molar-refractivity contribution in [1.29, 1.82) is 0 Å². The standard InChI is InChI=1S/C53H38N2O/c1-34-14-12-20-40-39(34)19-13-21-43(40)49-33-48(54-52(55-49)37-15-4-2-5-16-37)36-28-26-35(27-29-36)38-30-31-51-47(32-38)53(46-24-10-11-25-50(46)56-51)44-22-7-3-6-17-41(44)42-18-8-9-23-45(42)53/h2-13,15-21,23-34H,14,22H2,1H3/t34?,53-/m0/s1. The maximum absolute atomic E-state index is 6.72. The molecule has 0 fully saturated rings. The van der Waals surface area contributed by atoms with E-state index in [1.165, 1.54) is 44.5 Å². The Kier molecular flexibility index (Phi) is 7.50. The van der Waals surface area contributed by atoms with Gasteiger partial charge in [-0.15, -0.1) is 0 Å². The monoisotopic (exact) mass is 718 g/mol. The zero-order valence-electron chi connectivity index (χ0n) is 31.1. The molecule has 2 atom stereocenters. The van der Waals surface area contributed by atoms with E-state index in [4.69, 9.17) is 14.7 Å². The van der Waals surface area contributed by atoms with Crippen molar-refractivity contribution in [2.45, 2.75) is 31.1 Å². The van der Waals surface area contributed by atoms with Crippen LogP contribution in [0.25, 0.3) is 56.7 Å². The molecule has 4 aliphatic rings. The second-order valence-electron chi connectivity index (χ2n) is 15.2. The highest BCUT2D eigenvalue weighted by Crippen LogP contribution is 2.62. The number of hydrogen-bond donors (Lipinski definition) is 0. The summed E-state index contributed by atoms with van der Waals surface area (Å²) in [7, 11) is 0. The molecule has 0 radical (unpaired) electrons. The summed E-state index contributed by atoms with van der Waals surface area (Å²) < 4.78 is 6.72. The van der Waals surface area contributed by atoms with Crippen molar-refractivity contribution in [1.82, 2.24) is 9.97 Å². The summed E-state index contributed by atoms with van der Waals surface area (Å²) in [6, 6.07) is 52.2. The van der Waals surface area contributed by atoms with Gasteiger partial charge in [-0.3, -0.25) is 0 Å². The van der Waals surface area contributed by atoms with Crippen LogP contribution in [0.15, 0.2) is 182 Å². The second kappa shape index (κ2) is 12.9. The number of hydrogen-bond acceptors (Lipinski definition) is 3. The van der Waals surface area contributed by atoms with Gasteiger partial charge < -0.3 is 4.74 Å². The number of nitrogens with zero attached hydrogens (tertiary/aromatic N) is 2. The van der Waals surface area contributed by atoms with Crippen LogP contribution in [-0.2, 0) is 5.41 Å². The maximum atomic E-state index is 6.72. The highest BCUT2D eigenvalue weighted by atomic mass is 16.5. The minimum Gasteiger partial charge on any atom is -0.457 e. The first-order valence-electron chi connectivity index (χ1n) is 19.6. The molecule has 1 aliphatic heterocycles. The highest BCUT2D eigenvalue weighted by Gasteiger charge is 2.51. The van der Waals surface area contributed by atoms with Gasteiger partial charge in [-0.25, -0.2) is 9.97 Å². The zero-order valence-corrected chi connectivity index (χ0v) is 31.1. The fourth-order valence-corrected chi connectivity index (χ4v) is 9.50. The summed E-state index contributed by atoms with van der Waals surface area (Å²) in [4.78, 5) is 10.3. The van der Waals surface area contributed by atoms with Crippen molar-refractivity contribution in [2.24, 2.45) is 0 Å². The Bertz CT molecular complexity index is 2840. The first kappa shape index (κ1) is 32.6. The highest BCUT2D eigenvalue weighted by molar-refractivity contribution is 5.93. The molecule has 11 rings (SSSR count). The smallest absolute Gasteiger partial charge is 0.160 e. The van der Waals surface area contributed by atoms with Crippen molar-refractivity contribution < 1.29 is 4.74 Å². The van der Waals surface area contributed by atoms with Crippen LogP contribution in [-0.4, -0.2) is 9.97 Å². The minimum absolute atomic E-state index is 0.472. The van der Waals surface area contributed by atoms with Gasteiger partial charge in [0, 0.05) is 27.8 Å². The Hall–Kier alpha value is -6.84. The Morgan fingerprint density at radius 3 is 2.18 bits per heavy atom. The topological polar surface area (TPSA) is 35.0 Å². The first-order chi connectivity index (χ1) is 27.7.